The maximum absolute atomic E-state index is 13.5. The molecule has 0 saturated heterocycles. The van der Waals surface area contributed by atoms with Crippen LogP contribution >= 0.6 is 23.2 Å². The zero-order valence-corrected chi connectivity index (χ0v) is 26.1. The molecular formula is C27H22Cl2N3NaO6S. The van der Waals surface area contributed by atoms with Gasteiger partial charge in [0.15, 0.2) is 0 Å². The first-order chi connectivity index (χ1) is 18.5. The fourth-order valence-corrected chi connectivity index (χ4v) is 5.07. The summed E-state index contributed by atoms with van der Waals surface area (Å²) in [5, 5.41) is 25.6. The fourth-order valence-electron chi connectivity index (χ4n) is 3.97. The van der Waals surface area contributed by atoms with E-state index >= 15 is 0 Å². The minimum atomic E-state index is -4.69. The van der Waals surface area contributed by atoms with Crippen LogP contribution in [-0.4, -0.2) is 25.5 Å². The van der Waals surface area contributed by atoms with Crippen LogP contribution in [0.3, 0.4) is 0 Å². The number of nitrogens with one attached hydrogen (secondary N) is 1. The van der Waals surface area contributed by atoms with E-state index in [9.17, 15) is 22.9 Å². The van der Waals surface area contributed by atoms with Crippen LogP contribution < -0.4 is 44.7 Å². The summed E-state index contributed by atoms with van der Waals surface area (Å²) in [4.78, 5) is 12.7. The second kappa shape index (κ2) is 13.3. The third kappa shape index (κ3) is 6.77. The molecule has 9 nitrogen and oxygen atoms in total. The Labute approximate surface area is 263 Å². The Morgan fingerprint density at radius 2 is 1.68 bits per heavy atom. The second-order valence-corrected chi connectivity index (χ2v) is 10.5. The van der Waals surface area contributed by atoms with Crippen molar-refractivity contribution in [2.45, 2.75) is 25.2 Å². The average molecular weight is 610 g/mol. The summed E-state index contributed by atoms with van der Waals surface area (Å²) in [6.45, 7) is 3.94. The number of nitrogens with zero attached hydrogens (tertiary/aromatic N) is 2. The molecule has 4 rings (SSSR count). The molecule has 40 heavy (non-hydrogen) atoms. The first-order valence-corrected chi connectivity index (χ1v) is 13.9. The number of carbonyl (C=O) groups is 1. The summed E-state index contributed by atoms with van der Waals surface area (Å²) in [5.74, 6) is -1.01. The Morgan fingerprint density at radius 1 is 1.00 bits per heavy atom. The molecule has 0 radical (unpaired) electrons. The van der Waals surface area contributed by atoms with Crippen molar-refractivity contribution >= 4 is 67.1 Å². The predicted octanol–water partition coefficient (Wildman–Crippen LogP) is 4.10. The number of amides is 1. The maximum Gasteiger partial charge on any atom is 1.00 e. The van der Waals surface area contributed by atoms with E-state index in [0.29, 0.717) is 28.7 Å². The number of fused-ring (bicyclic) bond motifs is 1. The molecule has 0 unspecified atom stereocenters. The minimum Gasteiger partial charge on any atom is -0.870 e. The molecule has 0 fully saturated rings. The van der Waals surface area contributed by atoms with E-state index in [1.54, 1.807) is 43.3 Å². The van der Waals surface area contributed by atoms with Crippen LogP contribution in [0.2, 0.25) is 10.0 Å². The summed E-state index contributed by atoms with van der Waals surface area (Å²) >= 11 is 12.5. The number of anilines is 1. The normalized spacial score (nSPS) is 11.4. The van der Waals surface area contributed by atoms with Crippen LogP contribution in [0.15, 0.2) is 75.8 Å². The van der Waals surface area contributed by atoms with Gasteiger partial charge in [-0.15, -0.1) is 5.11 Å². The van der Waals surface area contributed by atoms with Gasteiger partial charge in [0.25, 0.3) is 16.0 Å². The van der Waals surface area contributed by atoms with E-state index < -0.39 is 26.7 Å². The van der Waals surface area contributed by atoms with Gasteiger partial charge in [0.1, 0.15) is 16.3 Å². The fraction of sp³-hybridized carbons (Fsp3) is 0.148. The van der Waals surface area contributed by atoms with Crippen molar-refractivity contribution in [2.75, 3.05) is 11.9 Å². The number of benzene rings is 4. The van der Waals surface area contributed by atoms with Gasteiger partial charge in [-0.05, 0) is 54.6 Å². The van der Waals surface area contributed by atoms with Crippen molar-refractivity contribution in [3.63, 3.8) is 0 Å². The van der Waals surface area contributed by atoms with Crippen molar-refractivity contribution in [3.8, 4) is 11.5 Å². The van der Waals surface area contributed by atoms with E-state index in [1.807, 2.05) is 6.92 Å². The summed E-state index contributed by atoms with van der Waals surface area (Å²) in [6, 6.07) is 15.3. The Balaban J connectivity index is 0.00000441. The van der Waals surface area contributed by atoms with Gasteiger partial charge in [-0.3, -0.25) is 9.35 Å². The number of azo groups is 1. The summed E-state index contributed by atoms with van der Waals surface area (Å²) in [5.41, 5.74) is -0.0869. The molecule has 2 N–H and O–H groups in total. The summed E-state index contributed by atoms with van der Waals surface area (Å²) in [6.07, 6.45) is 0.269. The van der Waals surface area contributed by atoms with Crippen LogP contribution in [-0.2, 0) is 16.5 Å². The topological polar surface area (TPSA) is 140 Å². The molecule has 1 amide bonds. The van der Waals surface area contributed by atoms with Gasteiger partial charge in [-0.2, -0.15) is 13.5 Å². The number of rotatable bonds is 8. The van der Waals surface area contributed by atoms with E-state index in [-0.39, 0.29) is 68.6 Å². The van der Waals surface area contributed by atoms with Gasteiger partial charge in [-0.25, -0.2) is 0 Å². The molecule has 0 bridgehead atoms. The van der Waals surface area contributed by atoms with Gasteiger partial charge in [0.05, 0.1) is 23.0 Å². The van der Waals surface area contributed by atoms with E-state index in [4.69, 9.17) is 27.9 Å². The van der Waals surface area contributed by atoms with Crippen molar-refractivity contribution in [2.24, 2.45) is 10.2 Å². The molecular weight excluding hydrogens is 588 g/mol. The van der Waals surface area contributed by atoms with Gasteiger partial charge >= 0.3 is 29.6 Å². The van der Waals surface area contributed by atoms with Crippen molar-refractivity contribution < 1.29 is 57.2 Å². The van der Waals surface area contributed by atoms with Crippen LogP contribution in [0.4, 0.5) is 17.1 Å². The number of carbonyl (C=O) groups excluding carboxylic acids is 1. The van der Waals surface area contributed by atoms with Gasteiger partial charge in [0, 0.05) is 22.0 Å². The Hall–Kier alpha value is -2.70. The number of halogens is 2. The number of ether oxygens (including phenoxy) is 1. The second-order valence-electron chi connectivity index (χ2n) is 8.25. The molecule has 0 saturated carbocycles. The molecule has 4 aromatic rings. The first-order valence-electron chi connectivity index (χ1n) is 11.7. The van der Waals surface area contributed by atoms with E-state index in [0.717, 1.165) is 6.07 Å². The minimum absolute atomic E-state index is 0. The van der Waals surface area contributed by atoms with Gasteiger partial charge in [0.2, 0.25) is 0 Å². The van der Waals surface area contributed by atoms with Crippen molar-refractivity contribution in [1.82, 2.24) is 0 Å². The third-order valence-electron chi connectivity index (χ3n) is 5.79. The van der Waals surface area contributed by atoms with Gasteiger partial charge in [-0.1, -0.05) is 60.1 Å². The SMILES string of the molecule is CCOc1ccc(Cl)c(NC(=O)c2cc3ccccc3c(N=Nc3c(S(=O)(=O)O)ccc(Cl)c3CC)c2[O-])c1.[Na+]. The Morgan fingerprint density at radius 3 is 2.35 bits per heavy atom. The zero-order chi connectivity index (χ0) is 28.3. The number of hydrogen-bond donors (Lipinski definition) is 2. The average Bonchev–Trinajstić information content (AvgIpc) is 2.89. The molecule has 4 aromatic carbocycles. The van der Waals surface area contributed by atoms with Crippen LogP contribution in [0.25, 0.3) is 10.8 Å². The molecule has 0 aliphatic carbocycles. The van der Waals surface area contributed by atoms with Crippen LogP contribution in [0, 0.1) is 0 Å². The molecule has 0 aliphatic rings. The first kappa shape index (κ1) is 31.8. The van der Waals surface area contributed by atoms with Crippen LogP contribution in [0.1, 0.15) is 29.8 Å². The van der Waals surface area contributed by atoms with Crippen molar-refractivity contribution in [3.05, 3.63) is 81.8 Å². The summed E-state index contributed by atoms with van der Waals surface area (Å²) in [7, 11) is -4.69. The quantitative estimate of drug-likeness (QED) is 0.175. The molecule has 202 valence electrons. The summed E-state index contributed by atoms with van der Waals surface area (Å²) < 4.78 is 39.2. The monoisotopic (exact) mass is 609 g/mol. The van der Waals surface area contributed by atoms with E-state index in [2.05, 4.69) is 15.5 Å². The Bertz CT molecular complexity index is 1730. The zero-order valence-electron chi connectivity index (χ0n) is 21.7. The predicted molar refractivity (Wildman–Crippen MR) is 149 cm³/mol. The molecule has 13 heteroatoms. The van der Waals surface area contributed by atoms with Crippen LogP contribution in [0.5, 0.6) is 11.5 Å². The maximum atomic E-state index is 13.5. The molecule has 0 atom stereocenters. The molecule has 0 heterocycles. The smallest absolute Gasteiger partial charge is 0.870 e. The molecule has 0 spiro atoms. The largest absolute Gasteiger partial charge is 1.00 e. The molecule has 0 aliphatic heterocycles. The van der Waals surface area contributed by atoms with E-state index in [1.165, 1.54) is 18.2 Å². The van der Waals surface area contributed by atoms with Gasteiger partial charge < -0.3 is 15.2 Å². The third-order valence-corrected chi connectivity index (χ3v) is 7.36. The Kier molecular flexibility index (Phi) is 10.6. The van der Waals surface area contributed by atoms with Crippen molar-refractivity contribution in [1.29, 1.82) is 0 Å². The standard InChI is InChI=1S/C27H23Cl2N3O6S.Na/c1-3-17-20(28)11-12-23(39(35,36)37)24(17)31-32-25-18-8-6-5-7-15(18)13-19(26(25)33)27(34)30-22-14-16(38-4-2)9-10-21(22)29;/h5-14,33H,3-4H2,1-2H3,(H,30,34)(H,35,36,37);/q;+1/p-1. The number of hydrogen-bond acceptors (Lipinski definition) is 7. The molecule has 0 aromatic heterocycles.